The highest BCUT2D eigenvalue weighted by atomic mass is 19.4. The quantitative estimate of drug-likeness (QED) is 0.724. The first kappa shape index (κ1) is 17.7. The number of hydrogen-bond acceptors (Lipinski definition) is 2. The van der Waals surface area contributed by atoms with Gasteiger partial charge < -0.3 is 5.32 Å². The molecule has 0 aliphatic rings. The molecule has 1 aromatic heterocycles. The second kappa shape index (κ2) is 6.62. The van der Waals surface area contributed by atoms with Gasteiger partial charge in [-0.15, -0.1) is 0 Å². The van der Waals surface area contributed by atoms with E-state index in [1.54, 1.807) is 23.5 Å². The van der Waals surface area contributed by atoms with E-state index < -0.39 is 30.0 Å². The molecule has 3 aromatic rings. The number of fused-ring (bicyclic) bond motifs is 1. The van der Waals surface area contributed by atoms with E-state index in [0.29, 0.717) is 5.39 Å². The van der Waals surface area contributed by atoms with Crippen LogP contribution in [0, 0.1) is 5.82 Å². The average molecular weight is 364 g/mol. The zero-order valence-electron chi connectivity index (χ0n) is 13.2. The predicted molar refractivity (Wildman–Crippen MR) is 87.9 cm³/mol. The van der Waals surface area contributed by atoms with E-state index in [2.05, 4.69) is 0 Å². The lowest BCUT2D eigenvalue weighted by Gasteiger charge is -2.15. The molecule has 8 heteroatoms. The lowest BCUT2D eigenvalue weighted by Crippen LogP contribution is -2.37. The number of halogens is 4. The van der Waals surface area contributed by atoms with Gasteiger partial charge in [-0.25, -0.2) is 4.39 Å². The Morgan fingerprint density at radius 1 is 1.04 bits per heavy atom. The number of carbonyl (C=O) groups excluding carboxylic acids is 1. The Balaban J connectivity index is 2.19. The molecule has 0 radical (unpaired) electrons. The first-order valence-corrected chi connectivity index (χ1v) is 7.52. The molecule has 0 saturated heterocycles. The fourth-order valence-corrected chi connectivity index (χ4v) is 2.54. The Labute approximate surface area is 144 Å². The Hall–Kier alpha value is -3.16. The molecule has 0 aliphatic carbocycles. The molecule has 1 amide bonds. The molecule has 0 spiro atoms. The molecule has 0 fully saturated rings. The molecule has 2 aromatic carbocycles. The van der Waals surface area contributed by atoms with Crippen LogP contribution in [-0.2, 0) is 0 Å². The largest absolute Gasteiger partial charge is 0.405 e. The SMILES string of the molecule is O=C(NCC(F)(F)F)c1cc2ccccc2c(=O)n1-c1ccc(F)cc1. The topological polar surface area (TPSA) is 51.1 Å². The van der Waals surface area contributed by atoms with Crippen LogP contribution in [0.15, 0.2) is 59.4 Å². The van der Waals surface area contributed by atoms with Gasteiger partial charge in [0.15, 0.2) is 0 Å². The number of rotatable bonds is 3. The smallest absolute Gasteiger partial charge is 0.342 e. The molecule has 3 rings (SSSR count). The highest BCUT2D eigenvalue weighted by Gasteiger charge is 2.28. The molecule has 26 heavy (non-hydrogen) atoms. The molecule has 0 unspecified atom stereocenters. The standard InChI is InChI=1S/C18H12F4N2O2/c19-12-5-7-13(8-6-12)24-15(16(25)23-10-18(20,21)22)9-11-3-1-2-4-14(11)17(24)26/h1-9H,10H2,(H,23,25). The van der Waals surface area contributed by atoms with Crippen LogP contribution in [0.3, 0.4) is 0 Å². The van der Waals surface area contributed by atoms with Crippen LogP contribution in [0.5, 0.6) is 0 Å². The van der Waals surface area contributed by atoms with Crippen molar-refractivity contribution in [2.45, 2.75) is 6.18 Å². The molecule has 4 nitrogen and oxygen atoms in total. The van der Waals surface area contributed by atoms with Crippen LogP contribution in [-0.4, -0.2) is 23.2 Å². The second-order valence-electron chi connectivity index (χ2n) is 5.53. The second-order valence-corrected chi connectivity index (χ2v) is 5.53. The molecule has 1 heterocycles. The summed E-state index contributed by atoms with van der Waals surface area (Å²) in [4.78, 5) is 25.1. The van der Waals surface area contributed by atoms with Gasteiger partial charge in [0.05, 0.1) is 0 Å². The fourth-order valence-electron chi connectivity index (χ4n) is 2.54. The minimum atomic E-state index is -4.59. The molecule has 0 aliphatic heterocycles. The number of benzene rings is 2. The summed E-state index contributed by atoms with van der Waals surface area (Å²) < 4.78 is 51.4. The first-order chi connectivity index (χ1) is 12.3. The van der Waals surface area contributed by atoms with Crippen LogP contribution < -0.4 is 10.9 Å². The van der Waals surface area contributed by atoms with Gasteiger partial charge in [0.2, 0.25) is 0 Å². The van der Waals surface area contributed by atoms with Crippen LogP contribution in [0.4, 0.5) is 17.6 Å². The van der Waals surface area contributed by atoms with E-state index in [9.17, 15) is 27.2 Å². The van der Waals surface area contributed by atoms with Gasteiger partial charge in [0, 0.05) is 11.1 Å². The van der Waals surface area contributed by atoms with Crippen molar-refractivity contribution in [1.82, 2.24) is 9.88 Å². The minimum Gasteiger partial charge on any atom is -0.342 e. The third-order valence-corrected chi connectivity index (χ3v) is 3.69. The summed E-state index contributed by atoms with van der Waals surface area (Å²) >= 11 is 0. The van der Waals surface area contributed by atoms with E-state index in [4.69, 9.17) is 0 Å². The third kappa shape index (κ3) is 3.58. The number of alkyl halides is 3. The number of nitrogens with one attached hydrogen (secondary N) is 1. The van der Waals surface area contributed by atoms with Crippen molar-refractivity contribution in [2.75, 3.05) is 6.54 Å². The van der Waals surface area contributed by atoms with Crippen molar-refractivity contribution in [2.24, 2.45) is 0 Å². The molecule has 0 bridgehead atoms. The average Bonchev–Trinajstić information content (AvgIpc) is 2.60. The van der Waals surface area contributed by atoms with Crippen LogP contribution in [0.2, 0.25) is 0 Å². The summed E-state index contributed by atoms with van der Waals surface area (Å²) in [5.74, 6) is -1.61. The highest BCUT2D eigenvalue weighted by molar-refractivity contribution is 5.97. The molecule has 1 N–H and O–H groups in total. The monoisotopic (exact) mass is 364 g/mol. The third-order valence-electron chi connectivity index (χ3n) is 3.69. The van der Waals surface area contributed by atoms with Gasteiger partial charge in [-0.1, -0.05) is 18.2 Å². The Morgan fingerprint density at radius 2 is 1.69 bits per heavy atom. The van der Waals surface area contributed by atoms with Crippen LogP contribution in [0.1, 0.15) is 10.5 Å². The van der Waals surface area contributed by atoms with Gasteiger partial charge in [-0.3, -0.25) is 14.2 Å². The minimum absolute atomic E-state index is 0.166. The molecular formula is C18H12F4N2O2. The summed E-state index contributed by atoms with van der Waals surface area (Å²) in [5.41, 5.74) is -0.698. The van der Waals surface area contributed by atoms with Crippen molar-refractivity contribution in [3.63, 3.8) is 0 Å². The maximum atomic E-state index is 13.2. The molecule has 0 saturated carbocycles. The van der Waals surface area contributed by atoms with Crippen LogP contribution >= 0.6 is 0 Å². The number of carbonyl (C=O) groups is 1. The van der Waals surface area contributed by atoms with Gasteiger partial charge in [0.25, 0.3) is 11.5 Å². The first-order valence-electron chi connectivity index (χ1n) is 7.52. The van der Waals surface area contributed by atoms with E-state index in [0.717, 1.165) is 16.7 Å². The molecule has 134 valence electrons. The number of amides is 1. The Kier molecular flexibility index (Phi) is 4.50. The van der Waals surface area contributed by atoms with E-state index in [1.165, 1.54) is 24.3 Å². The lowest BCUT2D eigenvalue weighted by molar-refractivity contribution is -0.123. The maximum Gasteiger partial charge on any atom is 0.405 e. The van der Waals surface area contributed by atoms with E-state index in [1.807, 2.05) is 0 Å². The van der Waals surface area contributed by atoms with Crippen molar-refractivity contribution in [1.29, 1.82) is 0 Å². The van der Waals surface area contributed by atoms with Gasteiger partial charge in [-0.05, 0) is 41.8 Å². The summed E-state index contributed by atoms with van der Waals surface area (Å²) in [6.07, 6.45) is -4.59. The summed E-state index contributed by atoms with van der Waals surface area (Å²) in [6, 6.07) is 12.4. The van der Waals surface area contributed by atoms with E-state index in [-0.39, 0.29) is 16.8 Å². The Morgan fingerprint density at radius 3 is 2.35 bits per heavy atom. The van der Waals surface area contributed by atoms with Crippen LogP contribution in [0.25, 0.3) is 16.5 Å². The number of nitrogens with zero attached hydrogens (tertiary/aromatic N) is 1. The van der Waals surface area contributed by atoms with Crippen molar-refractivity contribution >= 4 is 16.7 Å². The lowest BCUT2D eigenvalue weighted by atomic mass is 10.1. The zero-order chi connectivity index (χ0) is 18.9. The summed E-state index contributed by atoms with van der Waals surface area (Å²) in [7, 11) is 0. The Bertz CT molecular complexity index is 1020. The summed E-state index contributed by atoms with van der Waals surface area (Å²) in [6.45, 7) is -1.53. The normalized spacial score (nSPS) is 11.5. The highest BCUT2D eigenvalue weighted by Crippen LogP contribution is 2.18. The fraction of sp³-hybridized carbons (Fsp3) is 0.111. The number of hydrogen-bond donors (Lipinski definition) is 1. The van der Waals surface area contributed by atoms with Crippen molar-refractivity contribution in [3.05, 3.63) is 76.5 Å². The number of pyridine rings is 1. The predicted octanol–water partition coefficient (Wildman–Crippen LogP) is 3.42. The number of aromatic nitrogens is 1. The van der Waals surface area contributed by atoms with Gasteiger partial charge in [0.1, 0.15) is 18.1 Å². The zero-order valence-corrected chi connectivity index (χ0v) is 13.2. The van der Waals surface area contributed by atoms with Gasteiger partial charge >= 0.3 is 6.18 Å². The van der Waals surface area contributed by atoms with Crippen molar-refractivity contribution in [3.8, 4) is 5.69 Å². The van der Waals surface area contributed by atoms with Crippen molar-refractivity contribution < 1.29 is 22.4 Å². The van der Waals surface area contributed by atoms with E-state index >= 15 is 0 Å². The van der Waals surface area contributed by atoms with Gasteiger partial charge in [-0.2, -0.15) is 13.2 Å². The molecular weight excluding hydrogens is 352 g/mol. The molecule has 0 atom stereocenters. The summed E-state index contributed by atoms with van der Waals surface area (Å²) in [5, 5.41) is 2.45. The maximum absolute atomic E-state index is 13.2.